The van der Waals surface area contributed by atoms with E-state index in [-0.39, 0.29) is 24.0 Å². The predicted molar refractivity (Wildman–Crippen MR) is 105 cm³/mol. The van der Waals surface area contributed by atoms with Crippen molar-refractivity contribution in [2.24, 2.45) is 4.99 Å². The van der Waals surface area contributed by atoms with Gasteiger partial charge in [-0.15, -0.1) is 24.0 Å². The summed E-state index contributed by atoms with van der Waals surface area (Å²) in [6, 6.07) is 8.48. The van der Waals surface area contributed by atoms with Gasteiger partial charge in [0.25, 0.3) is 0 Å². The fourth-order valence-corrected chi connectivity index (χ4v) is 3.07. The van der Waals surface area contributed by atoms with Crippen molar-refractivity contribution in [3.63, 3.8) is 0 Å². The Labute approximate surface area is 155 Å². The zero-order valence-electron chi connectivity index (χ0n) is 13.6. The van der Waals surface area contributed by atoms with Crippen molar-refractivity contribution in [1.82, 2.24) is 14.9 Å². The first-order chi connectivity index (χ1) is 10.5. The standard InChI is InChI=1S/C15H24N4O2S.HI/c1-16-15(17-9-5-10-18-22(2,20)21)19-11-8-13-6-3-4-7-14(13)12-19;/h3-4,6-7,18H,5,8-12H2,1-2H3,(H,16,17);1H. The summed E-state index contributed by atoms with van der Waals surface area (Å²) in [6.45, 7) is 2.93. The van der Waals surface area contributed by atoms with Crippen LogP contribution in [0.1, 0.15) is 17.5 Å². The molecule has 0 saturated heterocycles. The van der Waals surface area contributed by atoms with Gasteiger partial charge in [-0.25, -0.2) is 13.1 Å². The van der Waals surface area contributed by atoms with Gasteiger partial charge in [0.2, 0.25) is 10.0 Å². The molecule has 0 atom stereocenters. The van der Waals surface area contributed by atoms with Crippen molar-refractivity contribution in [2.75, 3.05) is 32.9 Å². The quantitative estimate of drug-likeness (QED) is 0.305. The molecular weight excluding hydrogens is 427 g/mol. The molecule has 1 aromatic rings. The highest BCUT2D eigenvalue weighted by molar-refractivity contribution is 14.0. The van der Waals surface area contributed by atoms with Gasteiger partial charge in [0.1, 0.15) is 0 Å². The number of nitrogens with one attached hydrogen (secondary N) is 2. The largest absolute Gasteiger partial charge is 0.356 e. The van der Waals surface area contributed by atoms with Crippen molar-refractivity contribution in [3.8, 4) is 0 Å². The van der Waals surface area contributed by atoms with E-state index in [1.165, 1.54) is 17.4 Å². The zero-order chi connectivity index (χ0) is 16.0. The minimum absolute atomic E-state index is 0. The van der Waals surface area contributed by atoms with E-state index in [2.05, 4.69) is 44.2 Å². The van der Waals surface area contributed by atoms with Crippen molar-refractivity contribution >= 4 is 40.0 Å². The lowest BCUT2D eigenvalue weighted by Gasteiger charge is -2.31. The number of rotatable bonds is 5. The summed E-state index contributed by atoms with van der Waals surface area (Å²) in [7, 11) is -1.33. The summed E-state index contributed by atoms with van der Waals surface area (Å²) in [5, 5.41) is 3.30. The third-order valence-electron chi connectivity index (χ3n) is 3.64. The maximum absolute atomic E-state index is 11.0. The first-order valence-electron chi connectivity index (χ1n) is 7.46. The smallest absolute Gasteiger partial charge is 0.208 e. The van der Waals surface area contributed by atoms with Gasteiger partial charge in [-0.2, -0.15) is 0 Å². The van der Waals surface area contributed by atoms with Crippen LogP contribution in [0.4, 0.5) is 0 Å². The molecule has 0 aliphatic carbocycles. The number of nitrogens with zero attached hydrogens (tertiary/aromatic N) is 2. The van der Waals surface area contributed by atoms with Crippen LogP contribution < -0.4 is 10.0 Å². The lowest BCUT2D eigenvalue weighted by molar-refractivity contribution is 0.378. The number of fused-ring (bicyclic) bond motifs is 1. The molecular formula is C15H25IN4O2S. The summed E-state index contributed by atoms with van der Waals surface area (Å²) in [5.74, 6) is 0.869. The van der Waals surface area contributed by atoms with Gasteiger partial charge in [-0.1, -0.05) is 24.3 Å². The molecule has 0 spiro atoms. The maximum atomic E-state index is 11.0. The first-order valence-corrected chi connectivity index (χ1v) is 9.36. The highest BCUT2D eigenvalue weighted by atomic mass is 127. The molecule has 6 nitrogen and oxygen atoms in total. The van der Waals surface area contributed by atoms with Crippen LogP contribution in [0, 0.1) is 0 Å². The Morgan fingerprint density at radius 3 is 2.61 bits per heavy atom. The van der Waals surface area contributed by atoms with Crippen molar-refractivity contribution < 1.29 is 8.42 Å². The van der Waals surface area contributed by atoms with Crippen LogP contribution >= 0.6 is 24.0 Å². The molecule has 1 aromatic carbocycles. The van der Waals surface area contributed by atoms with E-state index in [1.54, 1.807) is 7.05 Å². The molecule has 1 aliphatic rings. The molecule has 130 valence electrons. The number of hydrogen-bond donors (Lipinski definition) is 2. The van der Waals surface area contributed by atoms with E-state index >= 15 is 0 Å². The van der Waals surface area contributed by atoms with Gasteiger partial charge < -0.3 is 10.2 Å². The predicted octanol–water partition coefficient (Wildman–Crippen LogP) is 1.18. The molecule has 8 heteroatoms. The van der Waals surface area contributed by atoms with E-state index < -0.39 is 10.0 Å². The Bertz CT molecular complexity index is 634. The van der Waals surface area contributed by atoms with E-state index in [0.29, 0.717) is 13.1 Å². The molecule has 0 unspecified atom stereocenters. The number of guanidine groups is 1. The SMILES string of the molecule is CN=C(NCCCNS(C)(=O)=O)N1CCc2ccccc2C1.I. The highest BCUT2D eigenvalue weighted by Crippen LogP contribution is 2.18. The average molecular weight is 452 g/mol. The van der Waals surface area contributed by atoms with Gasteiger partial charge in [0.05, 0.1) is 6.26 Å². The van der Waals surface area contributed by atoms with E-state index in [1.807, 2.05) is 0 Å². The Morgan fingerprint density at radius 2 is 1.96 bits per heavy atom. The topological polar surface area (TPSA) is 73.8 Å². The molecule has 1 aliphatic heterocycles. The summed E-state index contributed by atoms with van der Waals surface area (Å²) in [5.41, 5.74) is 2.75. The molecule has 2 rings (SSSR count). The van der Waals surface area contributed by atoms with E-state index in [4.69, 9.17) is 0 Å². The number of hydrogen-bond acceptors (Lipinski definition) is 3. The van der Waals surface area contributed by atoms with Gasteiger partial charge in [-0.05, 0) is 24.0 Å². The molecule has 2 N–H and O–H groups in total. The van der Waals surface area contributed by atoms with Gasteiger partial charge in [0.15, 0.2) is 5.96 Å². The number of benzene rings is 1. The summed E-state index contributed by atoms with van der Waals surface area (Å²) < 4.78 is 24.5. The third-order valence-corrected chi connectivity index (χ3v) is 4.37. The second-order valence-corrected chi connectivity index (χ2v) is 7.27. The van der Waals surface area contributed by atoms with E-state index in [0.717, 1.165) is 31.9 Å². The highest BCUT2D eigenvalue weighted by Gasteiger charge is 2.18. The lowest BCUT2D eigenvalue weighted by atomic mass is 10.0. The van der Waals surface area contributed by atoms with Gasteiger partial charge >= 0.3 is 0 Å². The van der Waals surface area contributed by atoms with Crippen LogP contribution in [0.15, 0.2) is 29.3 Å². The molecule has 0 aromatic heterocycles. The molecule has 0 saturated carbocycles. The van der Waals surface area contributed by atoms with Crippen LogP contribution in [0.3, 0.4) is 0 Å². The molecule has 0 radical (unpaired) electrons. The monoisotopic (exact) mass is 452 g/mol. The molecule has 23 heavy (non-hydrogen) atoms. The Balaban J connectivity index is 0.00000264. The van der Waals surface area contributed by atoms with Crippen molar-refractivity contribution in [1.29, 1.82) is 0 Å². The molecule has 0 bridgehead atoms. The molecule has 0 amide bonds. The van der Waals surface area contributed by atoms with Crippen LogP contribution in [-0.4, -0.2) is 52.2 Å². The Morgan fingerprint density at radius 1 is 1.26 bits per heavy atom. The number of aliphatic imine (C=N–C) groups is 1. The van der Waals surface area contributed by atoms with Crippen LogP contribution in [0.5, 0.6) is 0 Å². The van der Waals surface area contributed by atoms with Gasteiger partial charge in [-0.3, -0.25) is 4.99 Å². The fraction of sp³-hybridized carbons (Fsp3) is 0.533. The summed E-state index contributed by atoms with van der Waals surface area (Å²) in [6.07, 6.45) is 2.91. The second kappa shape index (κ2) is 9.43. The Hall–Kier alpha value is -0.870. The van der Waals surface area contributed by atoms with Crippen LogP contribution in [-0.2, 0) is 23.0 Å². The minimum Gasteiger partial charge on any atom is -0.356 e. The third kappa shape index (κ3) is 6.64. The van der Waals surface area contributed by atoms with Crippen LogP contribution in [0.2, 0.25) is 0 Å². The fourth-order valence-electron chi connectivity index (χ4n) is 2.55. The Kier molecular flexibility index (Phi) is 8.27. The zero-order valence-corrected chi connectivity index (χ0v) is 16.7. The summed E-state index contributed by atoms with van der Waals surface area (Å²) in [4.78, 5) is 6.55. The molecule has 0 fully saturated rings. The van der Waals surface area contributed by atoms with Crippen molar-refractivity contribution in [3.05, 3.63) is 35.4 Å². The van der Waals surface area contributed by atoms with Crippen LogP contribution in [0.25, 0.3) is 0 Å². The number of sulfonamides is 1. The minimum atomic E-state index is -3.10. The second-order valence-electron chi connectivity index (χ2n) is 5.43. The lowest BCUT2D eigenvalue weighted by Crippen LogP contribution is -2.44. The normalized spacial score (nSPS) is 14.9. The van der Waals surface area contributed by atoms with Crippen molar-refractivity contribution in [2.45, 2.75) is 19.4 Å². The average Bonchev–Trinajstić information content (AvgIpc) is 2.49. The number of halogens is 1. The van der Waals surface area contributed by atoms with Gasteiger partial charge in [0, 0.05) is 33.2 Å². The van der Waals surface area contributed by atoms with E-state index in [9.17, 15) is 8.42 Å². The maximum Gasteiger partial charge on any atom is 0.208 e. The summed E-state index contributed by atoms with van der Waals surface area (Å²) >= 11 is 0. The molecule has 1 heterocycles. The first kappa shape index (κ1) is 20.2.